The molecular weight excluding hydrogens is 701 g/mol. The van der Waals surface area contributed by atoms with E-state index in [-0.39, 0.29) is 19.2 Å². The summed E-state index contributed by atoms with van der Waals surface area (Å²) >= 11 is 0. The third-order valence-corrected chi connectivity index (χ3v) is 10.5. The van der Waals surface area contributed by atoms with E-state index in [0.717, 1.165) is 70.6 Å². The Balaban J connectivity index is 3.47. The summed E-state index contributed by atoms with van der Waals surface area (Å²) in [6, 6.07) is 0. The van der Waals surface area contributed by atoms with Gasteiger partial charge in [0.05, 0.1) is 13.2 Å². The van der Waals surface area contributed by atoms with Gasteiger partial charge in [0, 0.05) is 13.0 Å². The van der Waals surface area contributed by atoms with Gasteiger partial charge in [0.15, 0.2) is 0 Å². The van der Waals surface area contributed by atoms with E-state index in [1.165, 1.54) is 141 Å². The van der Waals surface area contributed by atoms with E-state index < -0.39 is 6.10 Å². The van der Waals surface area contributed by atoms with Crippen LogP contribution in [0.4, 0.5) is 0 Å². The fourth-order valence-corrected chi connectivity index (χ4v) is 6.92. The van der Waals surface area contributed by atoms with Crippen molar-refractivity contribution in [2.75, 3.05) is 19.8 Å². The van der Waals surface area contributed by atoms with Crippen LogP contribution in [0.3, 0.4) is 0 Å². The predicted octanol–water partition coefficient (Wildman–Crippen LogP) is 16.5. The number of aliphatic hydroxyl groups is 1. The molecule has 0 aliphatic carbocycles. The molecule has 1 atom stereocenters. The molecule has 0 saturated carbocycles. The fourth-order valence-electron chi connectivity index (χ4n) is 6.92. The van der Waals surface area contributed by atoms with Crippen molar-refractivity contribution in [1.29, 1.82) is 0 Å². The number of hydrogen-bond acceptors (Lipinski definition) is 4. The van der Waals surface area contributed by atoms with Crippen LogP contribution in [-0.4, -0.2) is 37.0 Å². The molecule has 0 fully saturated rings. The van der Waals surface area contributed by atoms with Crippen LogP contribution in [0.2, 0.25) is 0 Å². The second kappa shape index (κ2) is 50.0. The smallest absolute Gasteiger partial charge is 0.306 e. The summed E-state index contributed by atoms with van der Waals surface area (Å²) in [4.78, 5) is 12.3. The minimum absolute atomic E-state index is 0.179. The molecule has 0 heterocycles. The maximum atomic E-state index is 12.3. The number of aliphatic hydroxyl groups excluding tert-OH is 1. The Morgan fingerprint density at radius 2 is 0.789 bits per heavy atom. The summed E-state index contributed by atoms with van der Waals surface area (Å²) in [7, 11) is 0. The zero-order chi connectivity index (χ0) is 41.2. The van der Waals surface area contributed by atoms with Gasteiger partial charge in [-0.1, -0.05) is 234 Å². The van der Waals surface area contributed by atoms with Crippen molar-refractivity contribution in [2.45, 2.75) is 238 Å². The van der Waals surface area contributed by atoms with Crippen molar-refractivity contribution >= 4 is 5.97 Å². The first kappa shape index (κ1) is 54.8. The Hall–Kier alpha value is -2.17. The predicted molar refractivity (Wildman–Crippen MR) is 251 cm³/mol. The zero-order valence-corrected chi connectivity index (χ0v) is 37.8. The summed E-state index contributed by atoms with van der Waals surface area (Å²) in [5, 5.41) is 9.64. The molecule has 0 amide bonds. The normalized spacial score (nSPS) is 13.0. The molecule has 0 aromatic carbocycles. The number of ether oxygens (including phenoxy) is 2. The van der Waals surface area contributed by atoms with Crippen molar-refractivity contribution in [1.82, 2.24) is 0 Å². The summed E-state index contributed by atoms with van der Waals surface area (Å²) < 4.78 is 11.2. The first-order chi connectivity index (χ1) is 28.2. The Kier molecular flexibility index (Phi) is 48.1. The van der Waals surface area contributed by atoms with Crippen molar-refractivity contribution in [3.05, 3.63) is 72.9 Å². The van der Waals surface area contributed by atoms with Crippen LogP contribution in [0.25, 0.3) is 0 Å². The van der Waals surface area contributed by atoms with Gasteiger partial charge >= 0.3 is 5.97 Å². The van der Waals surface area contributed by atoms with E-state index >= 15 is 0 Å². The van der Waals surface area contributed by atoms with Crippen molar-refractivity contribution < 1.29 is 19.4 Å². The highest BCUT2D eigenvalue weighted by molar-refractivity contribution is 5.69. The summed E-state index contributed by atoms with van der Waals surface area (Å²) in [5.41, 5.74) is 0. The van der Waals surface area contributed by atoms with Crippen LogP contribution in [0.15, 0.2) is 72.9 Å². The standard InChI is InChI=1S/C53H94O4/c1-3-5-7-9-11-13-15-17-19-21-23-25-26-27-28-29-30-32-34-36-38-40-42-44-46-48-53(55)57-52(50-54)51-56-49-47-45-43-41-39-37-35-33-31-24-22-20-18-16-14-12-10-8-6-4-2/h5,7,11,13,17,19,23,25,27-28,30,32,52,54H,3-4,6,8-10,12,14-16,18,20-22,24,26,29,31,33-51H2,1-2H3/b7-5-,13-11-,19-17-,25-23-,28-27-,32-30-. The summed E-state index contributed by atoms with van der Waals surface area (Å²) in [6.07, 6.45) is 68.4. The van der Waals surface area contributed by atoms with Gasteiger partial charge in [0.25, 0.3) is 0 Å². The molecule has 0 aromatic rings. The average Bonchev–Trinajstić information content (AvgIpc) is 3.22. The summed E-state index contributed by atoms with van der Waals surface area (Å²) in [5.74, 6) is -0.214. The second-order valence-electron chi connectivity index (χ2n) is 16.2. The van der Waals surface area contributed by atoms with Crippen molar-refractivity contribution in [2.24, 2.45) is 0 Å². The van der Waals surface area contributed by atoms with Gasteiger partial charge in [-0.15, -0.1) is 0 Å². The maximum Gasteiger partial charge on any atom is 0.306 e. The van der Waals surface area contributed by atoms with Crippen LogP contribution in [0.5, 0.6) is 0 Å². The van der Waals surface area contributed by atoms with Crippen LogP contribution in [-0.2, 0) is 14.3 Å². The van der Waals surface area contributed by atoms with Crippen LogP contribution < -0.4 is 0 Å². The van der Waals surface area contributed by atoms with E-state index in [4.69, 9.17) is 9.47 Å². The lowest BCUT2D eigenvalue weighted by Gasteiger charge is -2.16. The quantitative estimate of drug-likeness (QED) is 0.0379. The molecule has 330 valence electrons. The van der Waals surface area contributed by atoms with E-state index in [1.54, 1.807) is 0 Å². The van der Waals surface area contributed by atoms with Gasteiger partial charge in [-0.05, 0) is 64.2 Å². The number of unbranched alkanes of at least 4 members (excludes halogenated alkanes) is 25. The number of hydrogen-bond donors (Lipinski definition) is 1. The Labute approximate surface area is 355 Å². The lowest BCUT2D eigenvalue weighted by molar-refractivity contribution is -0.154. The van der Waals surface area contributed by atoms with Gasteiger partial charge in [0.2, 0.25) is 0 Å². The molecule has 0 rings (SSSR count). The maximum absolute atomic E-state index is 12.3. The molecule has 1 N–H and O–H groups in total. The second-order valence-corrected chi connectivity index (χ2v) is 16.2. The summed E-state index contributed by atoms with van der Waals surface area (Å²) in [6.45, 7) is 5.24. The molecule has 0 aliphatic rings. The van der Waals surface area contributed by atoms with Gasteiger partial charge in [-0.25, -0.2) is 0 Å². The molecule has 0 aliphatic heterocycles. The Morgan fingerprint density at radius 1 is 0.439 bits per heavy atom. The largest absolute Gasteiger partial charge is 0.457 e. The molecule has 0 saturated heterocycles. The molecule has 0 bridgehead atoms. The molecule has 1 unspecified atom stereocenters. The average molecular weight is 795 g/mol. The highest BCUT2D eigenvalue weighted by atomic mass is 16.6. The number of carbonyl (C=O) groups is 1. The first-order valence-corrected chi connectivity index (χ1v) is 24.5. The molecule has 0 aromatic heterocycles. The molecule has 0 spiro atoms. The minimum Gasteiger partial charge on any atom is -0.457 e. The highest BCUT2D eigenvalue weighted by Crippen LogP contribution is 2.15. The van der Waals surface area contributed by atoms with Gasteiger partial charge in [-0.2, -0.15) is 0 Å². The third-order valence-electron chi connectivity index (χ3n) is 10.5. The van der Waals surface area contributed by atoms with Crippen LogP contribution in [0.1, 0.15) is 232 Å². The molecule has 0 radical (unpaired) electrons. The van der Waals surface area contributed by atoms with E-state index in [0.29, 0.717) is 13.0 Å². The van der Waals surface area contributed by atoms with Gasteiger partial charge < -0.3 is 14.6 Å². The van der Waals surface area contributed by atoms with Crippen LogP contribution in [0, 0.1) is 0 Å². The van der Waals surface area contributed by atoms with Gasteiger partial charge in [0.1, 0.15) is 6.10 Å². The number of esters is 1. The SMILES string of the molecule is CC/C=C\C/C=C\C/C=C\C/C=C\C/C=C\C/C=C\CCCCCCCCC(=O)OC(CO)COCCCCCCCCCCCCCCCCCCCCCC. The minimum atomic E-state index is -0.545. The van der Waals surface area contributed by atoms with E-state index in [2.05, 4.69) is 86.8 Å². The number of carbonyl (C=O) groups excluding carboxylic acids is 1. The monoisotopic (exact) mass is 795 g/mol. The molecule has 4 heteroatoms. The topological polar surface area (TPSA) is 55.8 Å². The first-order valence-electron chi connectivity index (χ1n) is 24.5. The van der Waals surface area contributed by atoms with Gasteiger partial charge in [-0.3, -0.25) is 4.79 Å². The third kappa shape index (κ3) is 48.1. The Bertz CT molecular complexity index is 973. The van der Waals surface area contributed by atoms with E-state index in [9.17, 15) is 9.90 Å². The fraction of sp³-hybridized carbons (Fsp3) is 0.755. The lowest BCUT2D eigenvalue weighted by Crippen LogP contribution is -2.27. The van der Waals surface area contributed by atoms with Crippen LogP contribution >= 0.6 is 0 Å². The molecular formula is C53H94O4. The Morgan fingerprint density at radius 3 is 1.19 bits per heavy atom. The molecule has 4 nitrogen and oxygen atoms in total. The van der Waals surface area contributed by atoms with Crippen molar-refractivity contribution in [3.8, 4) is 0 Å². The molecule has 57 heavy (non-hydrogen) atoms. The lowest BCUT2D eigenvalue weighted by atomic mass is 10.0. The van der Waals surface area contributed by atoms with E-state index in [1.807, 2.05) is 0 Å². The number of rotatable bonds is 45. The highest BCUT2D eigenvalue weighted by Gasteiger charge is 2.13. The number of allylic oxidation sites excluding steroid dienone is 12. The zero-order valence-electron chi connectivity index (χ0n) is 37.8. The van der Waals surface area contributed by atoms with Crippen molar-refractivity contribution in [3.63, 3.8) is 0 Å².